The first-order valence-electron chi connectivity index (χ1n) is 6.79. The fourth-order valence-corrected chi connectivity index (χ4v) is 2.21. The molecule has 3 N–H and O–H groups in total. The minimum absolute atomic E-state index is 0.154. The van der Waals surface area contributed by atoms with Crippen LogP contribution in [0, 0.1) is 0 Å². The normalized spacial score (nSPS) is 13.1. The van der Waals surface area contributed by atoms with Crippen LogP contribution in [0.3, 0.4) is 0 Å². The van der Waals surface area contributed by atoms with Gasteiger partial charge in [0.15, 0.2) is 5.96 Å². The van der Waals surface area contributed by atoms with Gasteiger partial charge in [-0.1, -0.05) is 23.2 Å². The van der Waals surface area contributed by atoms with Gasteiger partial charge in [0.1, 0.15) is 0 Å². The molecular weight excluding hydrogens is 316 g/mol. The van der Waals surface area contributed by atoms with Crippen LogP contribution in [0.4, 0.5) is 4.39 Å². The van der Waals surface area contributed by atoms with Gasteiger partial charge in [0.05, 0.1) is 19.3 Å². The second kappa shape index (κ2) is 9.82. The highest BCUT2D eigenvalue weighted by atomic mass is 35.5. The number of guanidine groups is 1. The molecule has 7 heteroatoms. The summed E-state index contributed by atoms with van der Waals surface area (Å²) in [4.78, 5) is 4.26. The average Bonchev–Trinajstić information content (AvgIpc) is 2.43. The van der Waals surface area contributed by atoms with Gasteiger partial charge in [-0.25, -0.2) is 0 Å². The number of nitrogens with zero attached hydrogens (tertiary/aromatic N) is 1. The van der Waals surface area contributed by atoms with Crippen LogP contribution in [0.1, 0.15) is 25.0 Å². The molecule has 0 bridgehead atoms. The summed E-state index contributed by atoms with van der Waals surface area (Å²) in [6, 6.07) is 4.90. The molecule has 1 aromatic carbocycles. The fourth-order valence-electron chi connectivity index (χ4n) is 1.67. The monoisotopic (exact) mass is 335 g/mol. The van der Waals surface area contributed by atoms with Crippen molar-refractivity contribution in [1.29, 1.82) is 0 Å². The molecular formula is C14H20Cl2FN3O. The third-order valence-corrected chi connectivity index (χ3v) is 3.08. The SMILES string of the molecule is CCNC(=NCC(O)c1cc(Cl)cc(Cl)c1)NCCCF. The summed E-state index contributed by atoms with van der Waals surface area (Å²) in [5, 5.41) is 17.1. The maximum Gasteiger partial charge on any atom is 0.191 e. The molecule has 0 amide bonds. The summed E-state index contributed by atoms with van der Waals surface area (Å²) in [6.07, 6.45) is -0.394. The molecule has 4 nitrogen and oxygen atoms in total. The Balaban J connectivity index is 2.64. The van der Waals surface area contributed by atoms with Gasteiger partial charge in [-0.3, -0.25) is 9.38 Å². The quantitative estimate of drug-likeness (QED) is 0.408. The highest BCUT2D eigenvalue weighted by Crippen LogP contribution is 2.23. The summed E-state index contributed by atoms with van der Waals surface area (Å²) in [7, 11) is 0. The highest BCUT2D eigenvalue weighted by Gasteiger charge is 2.09. The molecule has 0 radical (unpaired) electrons. The number of rotatable bonds is 7. The molecule has 0 spiro atoms. The lowest BCUT2D eigenvalue weighted by molar-refractivity contribution is 0.187. The fraction of sp³-hybridized carbons (Fsp3) is 0.500. The van der Waals surface area contributed by atoms with Crippen molar-refractivity contribution in [2.75, 3.05) is 26.3 Å². The van der Waals surface area contributed by atoms with Gasteiger partial charge in [0, 0.05) is 23.1 Å². The molecule has 0 heterocycles. The van der Waals surface area contributed by atoms with Crippen molar-refractivity contribution in [3.05, 3.63) is 33.8 Å². The van der Waals surface area contributed by atoms with E-state index in [4.69, 9.17) is 23.2 Å². The van der Waals surface area contributed by atoms with Crippen LogP contribution < -0.4 is 10.6 Å². The molecule has 21 heavy (non-hydrogen) atoms. The highest BCUT2D eigenvalue weighted by molar-refractivity contribution is 6.34. The Bertz CT molecular complexity index is 451. The molecule has 1 rings (SSSR count). The van der Waals surface area contributed by atoms with E-state index in [0.29, 0.717) is 41.1 Å². The van der Waals surface area contributed by atoms with E-state index >= 15 is 0 Å². The Labute approximate surface area is 134 Å². The maximum absolute atomic E-state index is 12.1. The molecule has 1 unspecified atom stereocenters. The van der Waals surface area contributed by atoms with Gasteiger partial charge in [0.25, 0.3) is 0 Å². The zero-order chi connectivity index (χ0) is 15.7. The topological polar surface area (TPSA) is 56.7 Å². The first-order chi connectivity index (χ1) is 10.1. The number of hydrogen-bond acceptors (Lipinski definition) is 2. The molecule has 0 aliphatic carbocycles. The minimum Gasteiger partial charge on any atom is -0.386 e. The number of halogens is 3. The van der Waals surface area contributed by atoms with E-state index in [1.807, 2.05) is 6.92 Å². The Morgan fingerprint density at radius 3 is 2.52 bits per heavy atom. The number of hydrogen-bond donors (Lipinski definition) is 3. The Morgan fingerprint density at radius 1 is 1.29 bits per heavy atom. The predicted molar refractivity (Wildman–Crippen MR) is 86.0 cm³/mol. The zero-order valence-electron chi connectivity index (χ0n) is 11.9. The Kier molecular flexibility index (Phi) is 8.42. The van der Waals surface area contributed by atoms with Crippen molar-refractivity contribution in [1.82, 2.24) is 10.6 Å². The van der Waals surface area contributed by atoms with E-state index in [9.17, 15) is 9.50 Å². The molecule has 1 atom stereocenters. The number of nitrogens with one attached hydrogen (secondary N) is 2. The average molecular weight is 336 g/mol. The van der Waals surface area contributed by atoms with Crippen LogP contribution >= 0.6 is 23.2 Å². The van der Waals surface area contributed by atoms with E-state index in [-0.39, 0.29) is 13.2 Å². The van der Waals surface area contributed by atoms with E-state index < -0.39 is 6.10 Å². The second-order valence-electron chi connectivity index (χ2n) is 4.41. The van der Waals surface area contributed by atoms with Gasteiger partial charge in [-0.15, -0.1) is 0 Å². The van der Waals surface area contributed by atoms with Gasteiger partial charge >= 0.3 is 0 Å². The van der Waals surface area contributed by atoms with Crippen LogP contribution in [0.15, 0.2) is 23.2 Å². The molecule has 0 saturated heterocycles. The molecule has 118 valence electrons. The van der Waals surface area contributed by atoms with Crippen molar-refractivity contribution in [2.45, 2.75) is 19.4 Å². The lowest BCUT2D eigenvalue weighted by Crippen LogP contribution is -2.38. The van der Waals surface area contributed by atoms with E-state index in [1.54, 1.807) is 18.2 Å². The third-order valence-electron chi connectivity index (χ3n) is 2.64. The molecule has 0 aliphatic rings. The second-order valence-corrected chi connectivity index (χ2v) is 5.28. The first-order valence-corrected chi connectivity index (χ1v) is 7.54. The van der Waals surface area contributed by atoms with Crippen LogP contribution in [0.2, 0.25) is 10.0 Å². The summed E-state index contributed by atoms with van der Waals surface area (Å²) in [5.74, 6) is 0.540. The smallest absolute Gasteiger partial charge is 0.191 e. The van der Waals surface area contributed by atoms with E-state index in [1.165, 1.54) is 0 Å². The third kappa shape index (κ3) is 6.98. The van der Waals surface area contributed by atoms with Gasteiger partial charge in [-0.2, -0.15) is 0 Å². The minimum atomic E-state index is -0.808. The van der Waals surface area contributed by atoms with Crippen molar-refractivity contribution in [3.63, 3.8) is 0 Å². The number of aliphatic imine (C=N–C) groups is 1. The zero-order valence-corrected chi connectivity index (χ0v) is 13.4. The van der Waals surface area contributed by atoms with Crippen molar-refractivity contribution >= 4 is 29.2 Å². The summed E-state index contributed by atoms with van der Waals surface area (Å²) in [6.45, 7) is 2.87. The summed E-state index contributed by atoms with van der Waals surface area (Å²) < 4.78 is 12.1. The predicted octanol–water partition coefficient (Wildman–Crippen LogP) is 2.94. The lowest BCUT2D eigenvalue weighted by Gasteiger charge is -2.13. The first kappa shape index (κ1) is 18.0. The van der Waals surface area contributed by atoms with Gasteiger partial charge in [0.2, 0.25) is 0 Å². The molecule has 0 aliphatic heterocycles. The van der Waals surface area contributed by atoms with Crippen LogP contribution in [0.25, 0.3) is 0 Å². The van der Waals surface area contributed by atoms with Crippen molar-refractivity contribution in [2.24, 2.45) is 4.99 Å². The number of alkyl halides is 1. The van der Waals surface area contributed by atoms with E-state index in [2.05, 4.69) is 15.6 Å². The van der Waals surface area contributed by atoms with Crippen LogP contribution in [0.5, 0.6) is 0 Å². The van der Waals surface area contributed by atoms with Crippen molar-refractivity contribution in [3.8, 4) is 0 Å². The maximum atomic E-state index is 12.1. The molecule has 0 fully saturated rings. The van der Waals surface area contributed by atoms with Crippen LogP contribution in [-0.2, 0) is 0 Å². The summed E-state index contributed by atoms with van der Waals surface area (Å²) in [5.41, 5.74) is 0.607. The number of aliphatic hydroxyl groups excluding tert-OH is 1. The lowest BCUT2D eigenvalue weighted by atomic mass is 10.1. The van der Waals surface area contributed by atoms with Gasteiger partial charge < -0.3 is 15.7 Å². The largest absolute Gasteiger partial charge is 0.386 e. The summed E-state index contributed by atoms with van der Waals surface area (Å²) >= 11 is 11.8. The molecule has 0 saturated carbocycles. The molecule has 0 aromatic heterocycles. The van der Waals surface area contributed by atoms with Crippen LogP contribution in [-0.4, -0.2) is 37.4 Å². The number of benzene rings is 1. The van der Waals surface area contributed by atoms with Gasteiger partial charge in [-0.05, 0) is 37.1 Å². The number of aliphatic hydroxyl groups is 1. The standard InChI is InChI=1S/C14H20Cl2FN3O/c1-2-18-14(19-5-3-4-17)20-9-13(21)10-6-11(15)8-12(16)7-10/h6-8,13,21H,2-5,9H2,1H3,(H2,18,19,20). The Morgan fingerprint density at radius 2 is 1.95 bits per heavy atom. The molecule has 1 aromatic rings. The van der Waals surface area contributed by atoms with Crippen molar-refractivity contribution < 1.29 is 9.50 Å². The van der Waals surface area contributed by atoms with E-state index in [0.717, 1.165) is 0 Å². The Hall–Kier alpha value is -1.04.